The van der Waals surface area contributed by atoms with E-state index in [2.05, 4.69) is 34.6 Å². The molecule has 2 aliphatic heterocycles. The molecular formula is C12H21BO3. The van der Waals surface area contributed by atoms with Crippen molar-refractivity contribution >= 4 is 7.12 Å². The van der Waals surface area contributed by atoms with E-state index in [-0.39, 0.29) is 18.3 Å². The predicted octanol–water partition coefficient (Wildman–Crippen LogP) is 2.12. The lowest BCUT2D eigenvalue weighted by Gasteiger charge is -2.32. The predicted molar refractivity (Wildman–Crippen MR) is 62.2 cm³/mol. The summed E-state index contributed by atoms with van der Waals surface area (Å²) in [7, 11) is -0.0381. The van der Waals surface area contributed by atoms with Crippen LogP contribution >= 0.6 is 0 Å². The largest absolute Gasteiger partial charge is 0.462 e. The first-order chi connectivity index (χ1) is 7.28. The van der Waals surface area contributed by atoms with Crippen molar-refractivity contribution in [2.75, 3.05) is 13.2 Å². The van der Waals surface area contributed by atoms with E-state index >= 15 is 0 Å². The summed E-state index contributed by atoms with van der Waals surface area (Å²) in [6, 6.07) is 0. The van der Waals surface area contributed by atoms with Crippen molar-refractivity contribution in [2.45, 2.75) is 51.6 Å². The lowest BCUT2D eigenvalue weighted by Crippen LogP contribution is -2.41. The lowest BCUT2D eigenvalue weighted by atomic mass is 9.76. The molecule has 16 heavy (non-hydrogen) atoms. The first-order valence-corrected chi connectivity index (χ1v) is 6.21. The summed E-state index contributed by atoms with van der Waals surface area (Å²) in [4.78, 5) is 0. The number of fused-ring (bicyclic) bond motifs is 1. The average molecular weight is 224 g/mol. The van der Waals surface area contributed by atoms with Crippen molar-refractivity contribution in [2.24, 2.45) is 11.3 Å². The minimum absolute atomic E-state index is 0.0381. The Kier molecular flexibility index (Phi) is 1.97. The zero-order valence-electron chi connectivity index (χ0n) is 10.9. The van der Waals surface area contributed by atoms with Gasteiger partial charge in [0.15, 0.2) is 0 Å². The van der Waals surface area contributed by atoms with Crippen LogP contribution in [0.2, 0.25) is 5.82 Å². The number of hydrogen-bond donors (Lipinski definition) is 0. The van der Waals surface area contributed by atoms with E-state index in [1.54, 1.807) is 0 Å². The Hall–Kier alpha value is -0.0551. The third-order valence-corrected chi connectivity index (χ3v) is 5.21. The summed E-state index contributed by atoms with van der Waals surface area (Å²) in [5.74, 6) is 1.17. The van der Waals surface area contributed by atoms with Gasteiger partial charge in [0.05, 0.1) is 17.8 Å². The molecule has 0 amide bonds. The third kappa shape index (κ3) is 1.21. The van der Waals surface area contributed by atoms with E-state index in [1.807, 2.05) is 0 Å². The molecule has 0 bridgehead atoms. The Labute approximate surface area is 98.0 Å². The van der Waals surface area contributed by atoms with Gasteiger partial charge in [-0.3, -0.25) is 0 Å². The molecule has 3 rings (SSSR count). The fourth-order valence-corrected chi connectivity index (χ4v) is 3.14. The molecule has 1 unspecified atom stereocenters. The van der Waals surface area contributed by atoms with Crippen molar-refractivity contribution < 1.29 is 14.0 Å². The maximum Gasteiger partial charge on any atom is 0.462 e. The molecule has 3 fully saturated rings. The summed E-state index contributed by atoms with van der Waals surface area (Å²) < 4.78 is 17.7. The average Bonchev–Trinajstić information content (AvgIpc) is 2.41. The monoisotopic (exact) mass is 224 g/mol. The van der Waals surface area contributed by atoms with Crippen molar-refractivity contribution in [1.82, 2.24) is 0 Å². The van der Waals surface area contributed by atoms with Crippen LogP contribution < -0.4 is 0 Å². The summed E-state index contributed by atoms with van der Waals surface area (Å²) in [6.07, 6.45) is 0. The van der Waals surface area contributed by atoms with E-state index in [4.69, 9.17) is 14.0 Å². The highest BCUT2D eigenvalue weighted by Crippen LogP contribution is 2.69. The lowest BCUT2D eigenvalue weighted by molar-refractivity contribution is 0.00578. The van der Waals surface area contributed by atoms with Crippen molar-refractivity contribution in [1.29, 1.82) is 0 Å². The molecule has 4 heteroatoms. The fraction of sp³-hybridized carbons (Fsp3) is 1.00. The van der Waals surface area contributed by atoms with Crippen LogP contribution in [0.3, 0.4) is 0 Å². The second-order valence-electron chi connectivity index (χ2n) is 6.78. The van der Waals surface area contributed by atoms with Crippen molar-refractivity contribution in [3.05, 3.63) is 0 Å². The second kappa shape index (κ2) is 2.85. The van der Waals surface area contributed by atoms with Gasteiger partial charge in [-0.2, -0.15) is 0 Å². The molecule has 3 aliphatic rings. The molecular weight excluding hydrogens is 203 g/mol. The Morgan fingerprint density at radius 3 is 2.00 bits per heavy atom. The Balaban J connectivity index is 1.77. The molecule has 0 N–H and O–H groups in total. The summed E-state index contributed by atoms with van der Waals surface area (Å²) in [5.41, 5.74) is -0.0985. The normalized spacial score (nSPS) is 48.2. The third-order valence-electron chi connectivity index (χ3n) is 5.21. The summed E-state index contributed by atoms with van der Waals surface area (Å²) >= 11 is 0. The van der Waals surface area contributed by atoms with Crippen LogP contribution in [0.4, 0.5) is 0 Å². The summed E-state index contributed by atoms with van der Waals surface area (Å²) in [6.45, 7) is 12.5. The Morgan fingerprint density at radius 1 is 1.00 bits per heavy atom. The smallest absolute Gasteiger partial charge is 0.403 e. The van der Waals surface area contributed by atoms with Crippen LogP contribution in [-0.4, -0.2) is 31.5 Å². The first kappa shape index (κ1) is 11.1. The van der Waals surface area contributed by atoms with E-state index in [9.17, 15) is 0 Å². The van der Waals surface area contributed by atoms with Gasteiger partial charge in [-0.1, -0.05) is 6.92 Å². The molecule has 3 atom stereocenters. The molecule has 0 aromatic heterocycles. The fourth-order valence-electron chi connectivity index (χ4n) is 3.14. The van der Waals surface area contributed by atoms with E-state index in [0.29, 0.717) is 17.2 Å². The highest BCUT2D eigenvalue weighted by molar-refractivity contribution is 6.49. The van der Waals surface area contributed by atoms with Gasteiger partial charge in [-0.15, -0.1) is 0 Å². The van der Waals surface area contributed by atoms with Crippen molar-refractivity contribution in [3.8, 4) is 0 Å². The molecule has 0 radical (unpaired) electrons. The maximum atomic E-state index is 6.11. The van der Waals surface area contributed by atoms with Gasteiger partial charge in [0.1, 0.15) is 0 Å². The Morgan fingerprint density at radius 2 is 1.56 bits per heavy atom. The van der Waals surface area contributed by atoms with Crippen LogP contribution in [0.5, 0.6) is 0 Å². The van der Waals surface area contributed by atoms with Crippen molar-refractivity contribution in [3.63, 3.8) is 0 Å². The Bertz CT molecular complexity index is 312. The first-order valence-electron chi connectivity index (χ1n) is 6.21. The molecule has 2 heterocycles. The highest BCUT2D eigenvalue weighted by atomic mass is 16.7. The molecule has 1 aliphatic carbocycles. The SMILES string of the molecule is CC1(C)OB(C2[C@@H]3COC[C@]23C)OC1(C)C. The molecule has 90 valence electrons. The molecule has 0 aromatic rings. The molecule has 1 saturated carbocycles. The minimum Gasteiger partial charge on any atom is -0.403 e. The van der Waals surface area contributed by atoms with Gasteiger partial charge in [0.25, 0.3) is 0 Å². The zero-order chi connectivity index (χ0) is 11.8. The minimum atomic E-state index is -0.203. The van der Waals surface area contributed by atoms with E-state index in [0.717, 1.165) is 13.2 Å². The van der Waals surface area contributed by atoms with Gasteiger partial charge in [0, 0.05) is 12.4 Å². The molecule has 2 saturated heterocycles. The molecule has 3 nitrogen and oxygen atoms in total. The second-order valence-corrected chi connectivity index (χ2v) is 6.78. The van der Waals surface area contributed by atoms with Gasteiger partial charge >= 0.3 is 7.12 Å². The van der Waals surface area contributed by atoms with Gasteiger partial charge in [-0.05, 0) is 39.0 Å². The van der Waals surface area contributed by atoms with E-state index in [1.165, 1.54) is 0 Å². The quantitative estimate of drug-likeness (QED) is 0.638. The molecule has 0 spiro atoms. The topological polar surface area (TPSA) is 27.7 Å². The summed E-state index contributed by atoms with van der Waals surface area (Å²) in [5, 5.41) is 0. The zero-order valence-corrected chi connectivity index (χ0v) is 10.9. The van der Waals surface area contributed by atoms with Crippen LogP contribution in [0.25, 0.3) is 0 Å². The number of rotatable bonds is 1. The van der Waals surface area contributed by atoms with Crippen LogP contribution in [0.1, 0.15) is 34.6 Å². The van der Waals surface area contributed by atoms with Crippen LogP contribution in [-0.2, 0) is 14.0 Å². The standard InChI is InChI=1S/C12H21BO3/c1-10(2)11(3,4)16-13(15-10)9-8-6-14-7-12(8,9)5/h8-9H,6-7H2,1-5H3/t8-,9?,12-/m0/s1. The number of hydrogen-bond acceptors (Lipinski definition) is 3. The molecule has 0 aromatic carbocycles. The number of ether oxygens (including phenoxy) is 1. The van der Waals surface area contributed by atoms with E-state index < -0.39 is 0 Å². The van der Waals surface area contributed by atoms with Gasteiger partial charge < -0.3 is 14.0 Å². The highest BCUT2D eigenvalue weighted by Gasteiger charge is 2.73. The van der Waals surface area contributed by atoms with Gasteiger partial charge in [0.2, 0.25) is 0 Å². The van der Waals surface area contributed by atoms with Crippen LogP contribution in [0, 0.1) is 11.3 Å². The maximum absolute atomic E-state index is 6.11. The van der Waals surface area contributed by atoms with Gasteiger partial charge in [-0.25, -0.2) is 0 Å². The van der Waals surface area contributed by atoms with Crippen LogP contribution in [0.15, 0.2) is 0 Å².